The zero-order valence-corrected chi connectivity index (χ0v) is 17.5. The minimum absolute atomic E-state index is 0.109. The molecule has 1 aliphatic heterocycles. The van der Waals surface area contributed by atoms with Crippen molar-refractivity contribution >= 4 is 11.6 Å². The van der Waals surface area contributed by atoms with E-state index in [2.05, 4.69) is 11.9 Å². The Bertz CT molecular complexity index is 1060. The molecule has 0 radical (unpaired) electrons. The van der Waals surface area contributed by atoms with Crippen molar-refractivity contribution < 1.29 is 27.5 Å². The lowest BCUT2D eigenvalue weighted by atomic mass is 9.93. The normalized spacial score (nSPS) is 22.7. The lowest BCUT2D eigenvalue weighted by Gasteiger charge is -2.40. The number of carbonyl (C=O) groups excluding carboxylic acids is 1. The number of hydrogen-bond donors (Lipinski definition) is 2. The van der Waals surface area contributed by atoms with E-state index in [4.69, 9.17) is 0 Å². The van der Waals surface area contributed by atoms with Crippen LogP contribution in [0.3, 0.4) is 0 Å². The number of likely N-dealkylation sites (tertiary alicyclic amines) is 1. The molecular weight excluding hydrogens is 424 g/mol. The van der Waals surface area contributed by atoms with Gasteiger partial charge in [-0.15, -0.1) is 0 Å². The standard InChI is InChI=1S/C24H24F4N2O2/c1-13-9-18(6-8-20(13)25)29-23(32)15-5-7-21(26)19(10-15)24(27,28)14(2)30-11-16-3-4-17(12-30)22(16)31/h5-10,16-17,22,31H,2-4,11-12H2,1H3,(H,29,32). The third kappa shape index (κ3) is 3.99. The Morgan fingerprint density at radius 1 is 1.09 bits per heavy atom. The molecule has 2 aromatic carbocycles. The molecule has 0 spiro atoms. The van der Waals surface area contributed by atoms with Crippen molar-refractivity contribution in [1.82, 2.24) is 4.90 Å². The summed E-state index contributed by atoms with van der Waals surface area (Å²) in [4.78, 5) is 14.0. The van der Waals surface area contributed by atoms with Gasteiger partial charge in [0.25, 0.3) is 5.91 Å². The number of allylic oxidation sites excluding steroid dienone is 1. The molecule has 8 heteroatoms. The van der Waals surface area contributed by atoms with Gasteiger partial charge < -0.3 is 15.3 Å². The van der Waals surface area contributed by atoms with Gasteiger partial charge >= 0.3 is 5.92 Å². The van der Waals surface area contributed by atoms with Crippen LogP contribution in [0.1, 0.15) is 34.3 Å². The number of amides is 1. The van der Waals surface area contributed by atoms with Crippen LogP contribution in [0.4, 0.5) is 23.2 Å². The van der Waals surface area contributed by atoms with Gasteiger partial charge in [-0.25, -0.2) is 8.78 Å². The van der Waals surface area contributed by atoms with Gasteiger partial charge in [-0.1, -0.05) is 6.58 Å². The molecule has 0 aromatic heterocycles. The number of benzene rings is 2. The SMILES string of the molecule is C=C(N1CC2CCC(C1)C2O)C(F)(F)c1cc(C(=O)Nc2ccc(F)c(C)c2)ccc1F. The minimum atomic E-state index is -3.74. The molecule has 2 aromatic rings. The maximum Gasteiger partial charge on any atom is 0.314 e. The number of fused-ring (bicyclic) bond motifs is 2. The van der Waals surface area contributed by atoms with Crippen LogP contribution in [0.25, 0.3) is 0 Å². The number of nitrogens with one attached hydrogen (secondary N) is 1. The van der Waals surface area contributed by atoms with Crippen LogP contribution in [0.15, 0.2) is 48.7 Å². The molecule has 1 aliphatic carbocycles. The van der Waals surface area contributed by atoms with Gasteiger partial charge in [0.05, 0.1) is 17.4 Å². The quantitative estimate of drug-likeness (QED) is 0.644. The van der Waals surface area contributed by atoms with E-state index in [0.29, 0.717) is 11.3 Å². The summed E-state index contributed by atoms with van der Waals surface area (Å²) in [7, 11) is 0. The maximum absolute atomic E-state index is 15.3. The van der Waals surface area contributed by atoms with Crippen molar-refractivity contribution in [3.63, 3.8) is 0 Å². The number of alkyl halides is 2. The number of carbonyl (C=O) groups is 1. The number of hydrogen-bond acceptors (Lipinski definition) is 3. The first-order chi connectivity index (χ1) is 15.1. The van der Waals surface area contributed by atoms with Gasteiger partial charge in [-0.3, -0.25) is 4.79 Å². The van der Waals surface area contributed by atoms with Crippen LogP contribution in [-0.4, -0.2) is 35.1 Å². The fraction of sp³-hybridized carbons (Fsp3) is 0.375. The Hall–Kier alpha value is -2.87. The summed E-state index contributed by atoms with van der Waals surface area (Å²) in [6.07, 6.45) is 1.01. The van der Waals surface area contributed by atoms with Crippen LogP contribution in [-0.2, 0) is 5.92 Å². The zero-order chi connectivity index (χ0) is 23.2. The van der Waals surface area contributed by atoms with Crippen LogP contribution >= 0.6 is 0 Å². The fourth-order valence-corrected chi connectivity index (χ4v) is 4.60. The van der Waals surface area contributed by atoms with Crippen molar-refractivity contribution in [2.24, 2.45) is 11.8 Å². The molecule has 1 heterocycles. The minimum Gasteiger partial charge on any atom is -0.392 e. The molecule has 170 valence electrons. The van der Waals surface area contributed by atoms with E-state index in [-0.39, 0.29) is 30.5 Å². The second-order valence-corrected chi connectivity index (χ2v) is 8.63. The summed E-state index contributed by atoms with van der Waals surface area (Å²) in [5.41, 5.74) is -1.05. The number of aryl methyl sites for hydroxylation is 1. The van der Waals surface area contributed by atoms with E-state index < -0.39 is 40.8 Å². The summed E-state index contributed by atoms with van der Waals surface area (Å²) >= 11 is 0. The number of halogens is 4. The first-order valence-electron chi connectivity index (χ1n) is 10.5. The van der Waals surface area contributed by atoms with Gasteiger partial charge in [0.1, 0.15) is 11.6 Å². The van der Waals surface area contributed by atoms with Crippen LogP contribution in [0, 0.1) is 30.4 Å². The largest absolute Gasteiger partial charge is 0.392 e. The van der Waals surface area contributed by atoms with Crippen molar-refractivity contribution in [2.45, 2.75) is 31.8 Å². The van der Waals surface area contributed by atoms with Crippen LogP contribution < -0.4 is 5.32 Å². The molecule has 2 fully saturated rings. The fourth-order valence-electron chi connectivity index (χ4n) is 4.60. The summed E-state index contributed by atoms with van der Waals surface area (Å²) in [6, 6.07) is 6.70. The molecule has 2 unspecified atom stereocenters. The van der Waals surface area contributed by atoms with E-state index >= 15 is 8.78 Å². The summed E-state index contributed by atoms with van der Waals surface area (Å²) in [5, 5.41) is 12.7. The van der Waals surface area contributed by atoms with E-state index in [1.165, 1.54) is 30.0 Å². The van der Waals surface area contributed by atoms with Crippen molar-refractivity contribution in [3.8, 4) is 0 Å². The molecule has 1 amide bonds. The number of nitrogens with zero attached hydrogens (tertiary/aromatic N) is 1. The summed E-state index contributed by atoms with van der Waals surface area (Å²) in [5.74, 6) is -6.27. The highest BCUT2D eigenvalue weighted by molar-refractivity contribution is 6.04. The molecule has 1 saturated heterocycles. The molecule has 1 saturated carbocycles. The van der Waals surface area contributed by atoms with E-state index in [1.807, 2.05) is 0 Å². The first-order valence-corrected chi connectivity index (χ1v) is 10.5. The highest BCUT2D eigenvalue weighted by Gasteiger charge is 2.47. The van der Waals surface area contributed by atoms with Crippen molar-refractivity contribution in [1.29, 1.82) is 0 Å². The molecule has 4 rings (SSSR count). The number of piperidine rings is 1. The number of anilines is 1. The third-order valence-electron chi connectivity index (χ3n) is 6.51. The highest BCUT2D eigenvalue weighted by atomic mass is 19.3. The van der Waals surface area contributed by atoms with Crippen LogP contribution in [0.5, 0.6) is 0 Å². The lowest BCUT2D eigenvalue weighted by molar-refractivity contribution is -0.0277. The molecule has 4 nitrogen and oxygen atoms in total. The van der Waals surface area contributed by atoms with E-state index in [9.17, 15) is 18.7 Å². The van der Waals surface area contributed by atoms with Gasteiger partial charge in [0, 0.05) is 36.2 Å². The van der Waals surface area contributed by atoms with Crippen molar-refractivity contribution in [3.05, 3.63) is 77.0 Å². The average molecular weight is 448 g/mol. The smallest absolute Gasteiger partial charge is 0.314 e. The summed E-state index contributed by atoms with van der Waals surface area (Å²) < 4.78 is 58.5. The third-order valence-corrected chi connectivity index (χ3v) is 6.51. The first kappa shape index (κ1) is 22.3. The number of aliphatic hydroxyl groups is 1. The Balaban J connectivity index is 1.56. The average Bonchev–Trinajstić information content (AvgIpc) is 2.96. The molecular formula is C24H24F4N2O2. The predicted octanol–water partition coefficient (Wildman–Crippen LogP) is 4.83. The zero-order valence-electron chi connectivity index (χ0n) is 17.5. The molecule has 2 atom stereocenters. The highest BCUT2D eigenvalue weighted by Crippen LogP contribution is 2.44. The second-order valence-electron chi connectivity index (χ2n) is 8.63. The maximum atomic E-state index is 15.3. The number of rotatable bonds is 5. The van der Waals surface area contributed by atoms with E-state index in [0.717, 1.165) is 31.0 Å². The second kappa shape index (κ2) is 8.24. The Kier molecular flexibility index (Phi) is 5.75. The Morgan fingerprint density at radius 2 is 1.72 bits per heavy atom. The molecule has 2 N–H and O–H groups in total. The number of aliphatic hydroxyl groups excluding tert-OH is 1. The Morgan fingerprint density at radius 3 is 2.34 bits per heavy atom. The van der Waals surface area contributed by atoms with Crippen LogP contribution in [0.2, 0.25) is 0 Å². The predicted molar refractivity (Wildman–Crippen MR) is 112 cm³/mol. The lowest BCUT2D eigenvalue weighted by Crippen LogP contribution is -2.46. The topological polar surface area (TPSA) is 52.6 Å². The van der Waals surface area contributed by atoms with Crippen molar-refractivity contribution in [2.75, 3.05) is 18.4 Å². The summed E-state index contributed by atoms with van der Waals surface area (Å²) in [6.45, 7) is 5.54. The molecule has 2 aliphatic rings. The van der Waals surface area contributed by atoms with E-state index in [1.54, 1.807) is 0 Å². The van der Waals surface area contributed by atoms with Gasteiger partial charge in [0.15, 0.2) is 0 Å². The molecule has 2 bridgehead atoms. The Labute approximate surface area is 183 Å². The van der Waals surface area contributed by atoms with Gasteiger partial charge in [-0.05, 0) is 61.7 Å². The monoisotopic (exact) mass is 448 g/mol. The molecule has 32 heavy (non-hydrogen) atoms. The van der Waals surface area contributed by atoms with Gasteiger partial charge in [0.2, 0.25) is 0 Å². The van der Waals surface area contributed by atoms with Gasteiger partial charge in [-0.2, -0.15) is 8.78 Å².